The molecule has 3 aromatic carbocycles. The van der Waals surface area contributed by atoms with E-state index in [4.69, 9.17) is 11.6 Å². The van der Waals surface area contributed by atoms with Crippen LogP contribution in [0, 0.1) is 0 Å². The largest absolute Gasteiger partial charge is 0.298 e. The number of nitrogens with zero attached hydrogens (tertiary/aromatic N) is 4. The number of aromatic nitrogens is 3. The third-order valence-corrected chi connectivity index (χ3v) is 7.15. The second kappa shape index (κ2) is 8.86. The van der Waals surface area contributed by atoms with Crippen LogP contribution >= 0.6 is 35.1 Å². The lowest BCUT2D eigenvalue weighted by Gasteiger charge is -2.30. The summed E-state index contributed by atoms with van der Waals surface area (Å²) in [5, 5.41) is 9.68. The monoisotopic (exact) mass is 476 g/mol. The first-order valence-electron chi connectivity index (χ1n) is 9.83. The molecule has 32 heavy (non-hydrogen) atoms. The summed E-state index contributed by atoms with van der Waals surface area (Å²) in [7, 11) is 0. The molecule has 2 heterocycles. The summed E-state index contributed by atoms with van der Waals surface area (Å²) in [6, 6.07) is 23.2. The number of carbonyl (C=O) groups is 1. The molecule has 1 aliphatic rings. The summed E-state index contributed by atoms with van der Waals surface area (Å²) in [6.45, 7) is 4.32. The minimum Gasteiger partial charge on any atom is -0.298 e. The van der Waals surface area contributed by atoms with Gasteiger partial charge < -0.3 is 0 Å². The Morgan fingerprint density at radius 2 is 1.59 bits per heavy atom. The van der Waals surface area contributed by atoms with E-state index in [-0.39, 0.29) is 5.24 Å². The van der Waals surface area contributed by atoms with Crippen molar-refractivity contribution in [3.05, 3.63) is 90.5 Å². The Balaban J connectivity index is 1.52. The second-order valence-corrected chi connectivity index (χ2v) is 9.39. The smallest absolute Gasteiger partial charge is 0.298 e. The van der Waals surface area contributed by atoms with Crippen molar-refractivity contribution in [2.24, 2.45) is 0 Å². The molecule has 5 nitrogen and oxygen atoms in total. The Morgan fingerprint density at radius 1 is 0.969 bits per heavy atom. The van der Waals surface area contributed by atoms with Gasteiger partial charge in [0.25, 0.3) is 5.24 Å². The zero-order valence-electron chi connectivity index (χ0n) is 16.8. The van der Waals surface area contributed by atoms with Crippen LogP contribution in [-0.2, 0) is 6.54 Å². The highest BCUT2D eigenvalue weighted by Crippen LogP contribution is 2.49. The van der Waals surface area contributed by atoms with Gasteiger partial charge in [-0.3, -0.25) is 14.3 Å². The molecular formula is C24H17ClN4OS2. The number of amides is 1. The summed E-state index contributed by atoms with van der Waals surface area (Å²) in [5.41, 5.74) is 2.59. The van der Waals surface area contributed by atoms with E-state index >= 15 is 0 Å². The van der Waals surface area contributed by atoms with Gasteiger partial charge in [-0.15, -0.1) is 16.8 Å². The molecule has 0 saturated carbocycles. The zero-order valence-corrected chi connectivity index (χ0v) is 19.2. The van der Waals surface area contributed by atoms with Crippen molar-refractivity contribution < 1.29 is 4.79 Å². The fourth-order valence-electron chi connectivity index (χ4n) is 3.50. The van der Waals surface area contributed by atoms with Crippen LogP contribution in [0.3, 0.4) is 0 Å². The van der Waals surface area contributed by atoms with Gasteiger partial charge in [-0.2, -0.15) is 0 Å². The molecule has 0 N–H and O–H groups in total. The third kappa shape index (κ3) is 3.83. The topological polar surface area (TPSA) is 51.0 Å². The van der Waals surface area contributed by atoms with Crippen molar-refractivity contribution in [3.8, 4) is 11.4 Å². The van der Waals surface area contributed by atoms with E-state index in [1.54, 1.807) is 34.9 Å². The number of para-hydroxylation sites is 2. The number of hydrogen-bond donors (Lipinski definition) is 0. The fourth-order valence-corrected chi connectivity index (χ4v) is 5.48. The number of anilines is 2. The Bertz CT molecular complexity index is 1270. The number of fused-ring (bicyclic) bond motifs is 2. The third-order valence-electron chi connectivity index (χ3n) is 4.92. The number of carbonyl (C=O) groups excluding carboxylic acids is 1. The number of halogens is 1. The van der Waals surface area contributed by atoms with Gasteiger partial charge in [0.05, 0.1) is 11.4 Å². The number of rotatable bonds is 4. The number of allylic oxidation sites excluding steroid dienone is 1. The van der Waals surface area contributed by atoms with E-state index in [9.17, 15) is 4.79 Å². The van der Waals surface area contributed by atoms with E-state index in [0.29, 0.717) is 22.5 Å². The molecule has 0 atom stereocenters. The van der Waals surface area contributed by atoms with Crippen LogP contribution in [-0.4, -0.2) is 20.0 Å². The Labute approximate surface area is 199 Å². The lowest BCUT2D eigenvalue weighted by atomic mass is 10.2. The fraction of sp³-hybridized carbons (Fsp3) is 0.0417. The molecule has 0 fully saturated rings. The zero-order chi connectivity index (χ0) is 22.1. The van der Waals surface area contributed by atoms with Gasteiger partial charge in [0.1, 0.15) is 0 Å². The Kier molecular flexibility index (Phi) is 5.78. The summed E-state index contributed by atoms with van der Waals surface area (Å²) in [6.07, 6.45) is 1.76. The molecule has 0 bridgehead atoms. The average molecular weight is 477 g/mol. The maximum absolute atomic E-state index is 13.6. The lowest BCUT2D eigenvalue weighted by molar-refractivity contribution is 0.266. The number of benzene rings is 3. The van der Waals surface area contributed by atoms with Crippen LogP contribution < -0.4 is 4.90 Å². The highest BCUT2D eigenvalue weighted by molar-refractivity contribution is 8.13. The SMILES string of the molecule is C=CCn1c(SC(=O)N2c3ccccc3Sc3ccccc32)nnc1-c1ccc(Cl)cc1. The average Bonchev–Trinajstić information content (AvgIpc) is 3.20. The number of hydrogen-bond acceptors (Lipinski definition) is 5. The minimum absolute atomic E-state index is 0.148. The second-order valence-electron chi connectivity index (χ2n) is 6.95. The predicted octanol–water partition coefficient (Wildman–Crippen LogP) is 7.30. The van der Waals surface area contributed by atoms with Crippen molar-refractivity contribution in [2.75, 3.05) is 4.90 Å². The molecule has 0 spiro atoms. The van der Waals surface area contributed by atoms with Gasteiger partial charge in [-0.1, -0.05) is 53.7 Å². The van der Waals surface area contributed by atoms with Gasteiger partial charge in [0.2, 0.25) is 5.16 Å². The first kappa shape index (κ1) is 20.9. The summed E-state index contributed by atoms with van der Waals surface area (Å²) >= 11 is 8.75. The molecule has 1 aromatic heterocycles. The predicted molar refractivity (Wildman–Crippen MR) is 131 cm³/mol. The molecule has 0 radical (unpaired) electrons. The molecule has 0 saturated heterocycles. The minimum atomic E-state index is -0.148. The van der Waals surface area contributed by atoms with Crippen molar-refractivity contribution in [1.29, 1.82) is 0 Å². The Morgan fingerprint density at radius 3 is 2.22 bits per heavy atom. The van der Waals surface area contributed by atoms with Crippen LogP contribution in [0.1, 0.15) is 0 Å². The van der Waals surface area contributed by atoms with Gasteiger partial charge in [0, 0.05) is 38.7 Å². The van der Waals surface area contributed by atoms with Crippen molar-refractivity contribution in [1.82, 2.24) is 14.8 Å². The van der Waals surface area contributed by atoms with Crippen LogP contribution in [0.15, 0.2) is 100 Å². The quantitative estimate of drug-likeness (QED) is 0.228. The van der Waals surface area contributed by atoms with Gasteiger partial charge in [-0.25, -0.2) is 0 Å². The van der Waals surface area contributed by atoms with Gasteiger partial charge in [-0.05, 0) is 48.5 Å². The summed E-state index contributed by atoms with van der Waals surface area (Å²) in [4.78, 5) is 17.4. The molecule has 4 aromatic rings. The first-order valence-corrected chi connectivity index (χ1v) is 11.8. The van der Waals surface area contributed by atoms with Crippen LogP contribution in [0.25, 0.3) is 11.4 Å². The molecular weight excluding hydrogens is 460 g/mol. The molecule has 0 aliphatic carbocycles. The number of thioether (sulfide) groups is 1. The van der Waals surface area contributed by atoms with E-state index in [2.05, 4.69) is 16.8 Å². The van der Waals surface area contributed by atoms with Crippen molar-refractivity contribution in [2.45, 2.75) is 21.5 Å². The summed E-state index contributed by atoms with van der Waals surface area (Å²) < 4.78 is 1.88. The van der Waals surface area contributed by atoms with Crippen molar-refractivity contribution in [3.63, 3.8) is 0 Å². The van der Waals surface area contributed by atoms with Gasteiger partial charge in [0.15, 0.2) is 5.82 Å². The van der Waals surface area contributed by atoms with Crippen molar-refractivity contribution >= 4 is 51.7 Å². The molecule has 0 unspecified atom stereocenters. The molecule has 5 rings (SSSR count). The highest BCUT2D eigenvalue weighted by atomic mass is 35.5. The molecule has 158 valence electrons. The first-order chi connectivity index (χ1) is 15.7. The van der Waals surface area contributed by atoms with E-state index in [1.807, 2.05) is 65.2 Å². The Hall–Kier alpha value is -3.00. The summed E-state index contributed by atoms with van der Waals surface area (Å²) in [5.74, 6) is 0.659. The standard InChI is InChI=1S/C24H17ClN4OS2/c1-2-15-28-22(16-11-13-17(25)14-12-16)26-27-23(28)32-24(30)29-18-7-3-5-9-20(18)31-21-10-6-4-8-19(21)29/h2-14H,1,15H2. The molecule has 8 heteroatoms. The molecule has 1 amide bonds. The molecule has 1 aliphatic heterocycles. The van der Waals surface area contributed by atoms with Gasteiger partial charge >= 0.3 is 0 Å². The van der Waals surface area contributed by atoms with Crippen LogP contribution in [0.5, 0.6) is 0 Å². The normalized spacial score (nSPS) is 12.2. The van der Waals surface area contributed by atoms with E-state index < -0.39 is 0 Å². The maximum Gasteiger partial charge on any atom is 0.298 e. The highest BCUT2D eigenvalue weighted by Gasteiger charge is 2.30. The maximum atomic E-state index is 13.6. The van der Waals surface area contributed by atoms with Crippen LogP contribution in [0.4, 0.5) is 16.2 Å². The van der Waals surface area contributed by atoms with E-state index in [1.165, 1.54) is 0 Å². The van der Waals surface area contributed by atoms with E-state index in [0.717, 1.165) is 38.5 Å². The van der Waals surface area contributed by atoms with Crippen LogP contribution in [0.2, 0.25) is 5.02 Å². The lowest BCUT2D eigenvalue weighted by Crippen LogP contribution is -2.25.